The average molecular weight is 265 g/mol. The van der Waals surface area contributed by atoms with Gasteiger partial charge in [-0.15, -0.1) is 0 Å². The molecule has 1 N–H and O–H groups in total. The molecule has 0 aliphatic heterocycles. The van der Waals surface area contributed by atoms with Gasteiger partial charge in [-0.25, -0.2) is 4.98 Å². The van der Waals surface area contributed by atoms with E-state index in [9.17, 15) is 4.79 Å². The molecule has 0 fully saturated rings. The third-order valence-electron chi connectivity index (χ3n) is 2.67. The largest absolute Gasteiger partial charge is 0.481 e. The topological polar surface area (TPSA) is 55.1 Å². The number of hydrogen-bond donors (Lipinski definition) is 1. The summed E-state index contributed by atoms with van der Waals surface area (Å²) in [7, 11) is 0. The van der Waals surface area contributed by atoms with E-state index in [-0.39, 0.29) is 6.42 Å². The van der Waals surface area contributed by atoms with Gasteiger partial charge in [0, 0.05) is 30.4 Å². The van der Waals surface area contributed by atoms with Crippen molar-refractivity contribution in [1.29, 1.82) is 0 Å². The highest BCUT2D eigenvalue weighted by Gasteiger charge is 2.07. The van der Waals surface area contributed by atoms with Gasteiger partial charge in [-0.3, -0.25) is 4.79 Å². The van der Waals surface area contributed by atoms with Crippen LogP contribution in [0.1, 0.15) is 17.8 Å². The maximum Gasteiger partial charge on any atom is 0.305 e. The minimum atomic E-state index is -0.813. The van der Waals surface area contributed by atoms with Crippen LogP contribution < -0.4 is 0 Å². The highest BCUT2D eigenvalue weighted by atomic mass is 35.5. The van der Waals surface area contributed by atoms with Crippen molar-refractivity contribution in [2.75, 3.05) is 0 Å². The zero-order chi connectivity index (χ0) is 13.0. The number of rotatable bonds is 5. The second-order valence-electron chi connectivity index (χ2n) is 3.95. The molecule has 4 nitrogen and oxygen atoms in total. The number of hydrogen-bond acceptors (Lipinski definition) is 2. The molecule has 0 unspecified atom stereocenters. The van der Waals surface area contributed by atoms with Crippen LogP contribution in [-0.4, -0.2) is 20.6 Å². The molecule has 0 atom stereocenters. The summed E-state index contributed by atoms with van der Waals surface area (Å²) in [4.78, 5) is 14.8. The molecule has 2 aromatic rings. The van der Waals surface area contributed by atoms with Crippen molar-refractivity contribution in [3.05, 3.63) is 53.1 Å². The summed E-state index contributed by atoms with van der Waals surface area (Å²) >= 11 is 6.09. The smallest absolute Gasteiger partial charge is 0.305 e. The number of nitrogens with zero attached hydrogens (tertiary/aromatic N) is 2. The Balaban J connectivity index is 2.12. The molecule has 1 aromatic heterocycles. The van der Waals surface area contributed by atoms with Crippen molar-refractivity contribution in [3.63, 3.8) is 0 Å². The number of carbonyl (C=O) groups is 1. The summed E-state index contributed by atoms with van der Waals surface area (Å²) in [6, 6.07) is 7.58. The van der Waals surface area contributed by atoms with Crippen LogP contribution in [0.3, 0.4) is 0 Å². The molecule has 2 rings (SSSR count). The lowest BCUT2D eigenvalue weighted by molar-refractivity contribution is -0.137. The lowest BCUT2D eigenvalue weighted by Gasteiger charge is -2.07. The van der Waals surface area contributed by atoms with Gasteiger partial charge >= 0.3 is 5.97 Å². The molecule has 1 heterocycles. The van der Waals surface area contributed by atoms with Crippen molar-refractivity contribution in [2.24, 2.45) is 0 Å². The molecule has 0 aliphatic rings. The first-order valence-corrected chi connectivity index (χ1v) is 6.00. The van der Waals surface area contributed by atoms with Crippen LogP contribution in [0.25, 0.3) is 0 Å². The van der Waals surface area contributed by atoms with E-state index in [4.69, 9.17) is 16.7 Å². The third kappa shape index (κ3) is 3.11. The predicted molar refractivity (Wildman–Crippen MR) is 68.7 cm³/mol. The van der Waals surface area contributed by atoms with Crippen molar-refractivity contribution >= 4 is 17.6 Å². The lowest BCUT2D eigenvalue weighted by Crippen LogP contribution is -2.08. The van der Waals surface area contributed by atoms with Crippen LogP contribution in [0, 0.1) is 0 Å². The van der Waals surface area contributed by atoms with Crippen molar-refractivity contribution in [3.8, 4) is 0 Å². The quantitative estimate of drug-likeness (QED) is 0.903. The highest BCUT2D eigenvalue weighted by molar-refractivity contribution is 6.31. The van der Waals surface area contributed by atoms with Crippen LogP contribution in [0.15, 0.2) is 36.7 Å². The van der Waals surface area contributed by atoms with Crippen LogP contribution in [0.5, 0.6) is 0 Å². The minimum absolute atomic E-state index is 0.0892. The molecule has 0 amide bonds. The van der Waals surface area contributed by atoms with Gasteiger partial charge in [0.1, 0.15) is 5.82 Å². The molecule has 0 spiro atoms. The number of imidazole rings is 1. The monoisotopic (exact) mass is 264 g/mol. The van der Waals surface area contributed by atoms with Gasteiger partial charge in [0.05, 0.1) is 6.42 Å². The maximum absolute atomic E-state index is 10.6. The number of carboxylic acids is 1. The zero-order valence-electron chi connectivity index (χ0n) is 9.71. The Kier molecular flexibility index (Phi) is 3.99. The van der Waals surface area contributed by atoms with Gasteiger partial charge in [0.25, 0.3) is 0 Å². The Morgan fingerprint density at radius 3 is 2.89 bits per heavy atom. The summed E-state index contributed by atoms with van der Waals surface area (Å²) in [5.74, 6) is 0.0109. The number of benzene rings is 1. The van der Waals surface area contributed by atoms with E-state index in [0.717, 1.165) is 11.4 Å². The third-order valence-corrected chi connectivity index (χ3v) is 3.04. The van der Waals surface area contributed by atoms with E-state index < -0.39 is 5.97 Å². The Labute approximate surface area is 110 Å². The van der Waals surface area contributed by atoms with E-state index in [0.29, 0.717) is 18.0 Å². The molecular weight excluding hydrogens is 252 g/mol. The fourth-order valence-electron chi connectivity index (χ4n) is 1.74. The number of aromatic nitrogens is 2. The van der Waals surface area contributed by atoms with E-state index in [2.05, 4.69) is 4.98 Å². The van der Waals surface area contributed by atoms with Gasteiger partial charge in [0.2, 0.25) is 0 Å². The summed E-state index contributed by atoms with van der Waals surface area (Å²) in [6.45, 7) is 0.426. The molecule has 0 saturated carbocycles. The van der Waals surface area contributed by atoms with E-state index in [1.54, 1.807) is 12.4 Å². The fourth-order valence-corrected chi connectivity index (χ4v) is 1.94. The van der Waals surface area contributed by atoms with Crippen LogP contribution in [-0.2, 0) is 17.8 Å². The molecule has 0 bridgehead atoms. The fraction of sp³-hybridized carbons (Fsp3) is 0.231. The number of carboxylic acid groups (broad SMARTS) is 1. The Morgan fingerprint density at radius 1 is 1.39 bits per heavy atom. The molecule has 5 heteroatoms. The Hall–Kier alpha value is -1.81. The van der Waals surface area contributed by atoms with Gasteiger partial charge in [0.15, 0.2) is 0 Å². The Bertz CT molecular complexity index is 551. The zero-order valence-corrected chi connectivity index (χ0v) is 10.5. The van der Waals surface area contributed by atoms with Gasteiger partial charge in [-0.2, -0.15) is 0 Å². The van der Waals surface area contributed by atoms with Crippen molar-refractivity contribution < 1.29 is 9.90 Å². The molecule has 18 heavy (non-hydrogen) atoms. The van der Waals surface area contributed by atoms with Crippen LogP contribution in [0.2, 0.25) is 5.02 Å². The first kappa shape index (κ1) is 12.6. The number of aliphatic carboxylic acids is 1. The first-order valence-electron chi connectivity index (χ1n) is 5.62. The van der Waals surface area contributed by atoms with E-state index in [1.165, 1.54) is 0 Å². The summed E-state index contributed by atoms with van der Waals surface area (Å²) in [5.41, 5.74) is 0.988. The summed E-state index contributed by atoms with van der Waals surface area (Å²) < 4.78 is 1.84. The van der Waals surface area contributed by atoms with Crippen LogP contribution >= 0.6 is 11.6 Å². The number of halogens is 1. The first-order chi connectivity index (χ1) is 8.66. The standard InChI is InChI=1S/C13H13ClN2O2/c14-11-4-2-1-3-10(11)9-12-15-6-8-16(12)7-5-13(17)18/h1-4,6,8H,5,7,9H2,(H,17,18). The lowest BCUT2D eigenvalue weighted by atomic mass is 10.1. The second kappa shape index (κ2) is 5.69. The summed E-state index contributed by atoms with van der Waals surface area (Å²) in [5, 5.41) is 9.38. The molecule has 0 aliphatic carbocycles. The normalized spacial score (nSPS) is 10.5. The van der Waals surface area contributed by atoms with Crippen LogP contribution in [0.4, 0.5) is 0 Å². The molecule has 1 aromatic carbocycles. The van der Waals surface area contributed by atoms with Crippen molar-refractivity contribution in [1.82, 2.24) is 9.55 Å². The minimum Gasteiger partial charge on any atom is -0.481 e. The molecule has 0 radical (unpaired) electrons. The van der Waals surface area contributed by atoms with E-state index >= 15 is 0 Å². The van der Waals surface area contributed by atoms with Crippen molar-refractivity contribution in [2.45, 2.75) is 19.4 Å². The van der Waals surface area contributed by atoms with Gasteiger partial charge in [-0.1, -0.05) is 29.8 Å². The SMILES string of the molecule is O=C(O)CCn1ccnc1Cc1ccccc1Cl. The number of aryl methyl sites for hydroxylation is 1. The van der Waals surface area contributed by atoms with E-state index in [1.807, 2.05) is 28.8 Å². The predicted octanol–water partition coefficient (Wildman–Crippen LogP) is 2.60. The second-order valence-corrected chi connectivity index (χ2v) is 4.36. The molecular formula is C13H13ClN2O2. The van der Waals surface area contributed by atoms with Gasteiger partial charge in [-0.05, 0) is 11.6 Å². The maximum atomic E-state index is 10.6. The molecule has 0 saturated heterocycles. The highest BCUT2D eigenvalue weighted by Crippen LogP contribution is 2.18. The average Bonchev–Trinajstić information content (AvgIpc) is 2.77. The summed E-state index contributed by atoms with van der Waals surface area (Å²) in [6.07, 6.45) is 4.15. The Morgan fingerprint density at radius 2 is 2.17 bits per heavy atom. The molecule has 94 valence electrons. The van der Waals surface area contributed by atoms with Gasteiger partial charge < -0.3 is 9.67 Å².